The van der Waals surface area contributed by atoms with Crippen LogP contribution in [0.2, 0.25) is 0 Å². The van der Waals surface area contributed by atoms with Crippen LogP contribution in [-0.4, -0.2) is 38.4 Å². The summed E-state index contributed by atoms with van der Waals surface area (Å²) in [4.78, 5) is 21.7. The van der Waals surface area contributed by atoms with Gasteiger partial charge in [-0.05, 0) is 31.2 Å². The highest BCUT2D eigenvalue weighted by Crippen LogP contribution is 2.15. The van der Waals surface area contributed by atoms with Gasteiger partial charge in [-0.15, -0.1) is 0 Å². The molecule has 0 aromatic heterocycles. The first kappa shape index (κ1) is 17.1. The van der Waals surface area contributed by atoms with Crippen molar-refractivity contribution in [3.05, 3.63) is 24.3 Å². The lowest BCUT2D eigenvalue weighted by molar-refractivity contribution is -0.138. The number of carbonyl (C=O) groups excluding carboxylic acids is 1. The Hall–Kier alpha value is -1.93. The van der Waals surface area contributed by atoms with Crippen molar-refractivity contribution in [2.75, 3.05) is 13.2 Å². The van der Waals surface area contributed by atoms with E-state index in [2.05, 4.69) is 4.72 Å². The number of ether oxygens (including phenoxy) is 1. The van der Waals surface area contributed by atoms with Crippen LogP contribution in [0.25, 0.3) is 0 Å². The van der Waals surface area contributed by atoms with Crippen molar-refractivity contribution in [2.24, 2.45) is 0 Å². The molecule has 7 nitrogen and oxygen atoms in total. The molecule has 0 aliphatic carbocycles. The third-order valence-corrected chi connectivity index (χ3v) is 3.94. The molecule has 8 heteroatoms. The molecule has 0 saturated carbocycles. The lowest BCUT2D eigenvalue weighted by atomic mass is 10.2. The van der Waals surface area contributed by atoms with Gasteiger partial charge >= 0.3 is 5.97 Å². The van der Waals surface area contributed by atoms with E-state index in [1.54, 1.807) is 0 Å². The van der Waals surface area contributed by atoms with Gasteiger partial charge in [-0.3, -0.25) is 9.59 Å². The molecular weight excluding hydrogens is 298 g/mol. The molecule has 0 spiro atoms. The van der Waals surface area contributed by atoms with Gasteiger partial charge in [0.1, 0.15) is 11.5 Å². The van der Waals surface area contributed by atoms with Gasteiger partial charge in [-0.25, -0.2) is 13.1 Å². The number of carboxylic acid groups (broad SMARTS) is 1. The Bertz CT molecular complexity index is 594. The number of carboxylic acids is 1. The molecule has 0 atom stereocenters. The zero-order valence-corrected chi connectivity index (χ0v) is 12.4. The number of ketones is 1. The van der Waals surface area contributed by atoms with E-state index in [-0.39, 0.29) is 17.7 Å². The highest BCUT2D eigenvalue weighted by molar-refractivity contribution is 7.89. The van der Waals surface area contributed by atoms with Crippen LogP contribution in [0.15, 0.2) is 29.2 Å². The smallest absolute Gasteiger partial charge is 0.303 e. The summed E-state index contributed by atoms with van der Waals surface area (Å²) in [5.74, 6) is -1.03. The summed E-state index contributed by atoms with van der Waals surface area (Å²) in [7, 11) is -3.80. The number of hydrogen-bond acceptors (Lipinski definition) is 5. The lowest BCUT2D eigenvalue weighted by Gasteiger charge is -2.07. The molecule has 0 aliphatic rings. The van der Waals surface area contributed by atoms with E-state index in [0.717, 1.165) is 0 Å². The van der Waals surface area contributed by atoms with Crippen LogP contribution in [0.3, 0.4) is 0 Å². The predicted molar refractivity (Wildman–Crippen MR) is 74.7 cm³/mol. The molecule has 0 bridgehead atoms. The van der Waals surface area contributed by atoms with E-state index in [1.807, 2.05) is 6.92 Å². The zero-order chi connectivity index (χ0) is 15.9. The van der Waals surface area contributed by atoms with Crippen molar-refractivity contribution in [1.82, 2.24) is 4.72 Å². The first-order valence-electron chi connectivity index (χ1n) is 6.31. The van der Waals surface area contributed by atoms with Gasteiger partial charge in [-0.2, -0.15) is 0 Å². The molecule has 1 rings (SSSR count). The van der Waals surface area contributed by atoms with E-state index in [9.17, 15) is 18.0 Å². The van der Waals surface area contributed by atoms with E-state index in [0.29, 0.717) is 12.4 Å². The van der Waals surface area contributed by atoms with Crippen LogP contribution in [0.5, 0.6) is 5.75 Å². The minimum Gasteiger partial charge on any atom is -0.494 e. The number of aliphatic carboxylic acids is 1. The largest absolute Gasteiger partial charge is 0.494 e. The van der Waals surface area contributed by atoms with Crippen molar-refractivity contribution >= 4 is 21.8 Å². The van der Waals surface area contributed by atoms with Crippen molar-refractivity contribution in [2.45, 2.75) is 24.7 Å². The van der Waals surface area contributed by atoms with E-state index in [4.69, 9.17) is 9.84 Å². The SMILES string of the molecule is CCOc1ccc(S(=O)(=O)NCC(=O)CCC(=O)O)cc1. The average Bonchev–Trinajstić information content (AvgIpc) is 2.44. The summed E-state index contributed by atoms with van der Waals surface area (Å²) in [6.07, 6.45) is -0.523. The number of benzene rings is 1. The second-order valence-electron chi connectivity index (χ2n) is 4.16. The molecule has 1 aromatic rings. The third-order valence-electron chi connectivity index (χ3n) is 2.52. The van der Waals surface area contributed by atoms with Crippen molar-refractivity contribution in [3.8, 4) is 5.75 Å². The first-order chi connectivity index (χ1) is 9.85. The third kappa shape index (κ3) is 5.92. The molecule has 0 fully saturated rings. The van der Waals surface area contributed by atoms with E-state index < -0.39 is 28.3 Å². The van der Waals surface area contributed by atoms with Crippen molar-refractivity contribution in [3.63, 3.8) is 0 Å². The van der Waals surface area contributed by atoms with Crippen LogP contribution in [0, 0.1) is 0 Å². The summed E-state index contributed by atoms with van der Waals surface area (Å²) in [5.41, 5.74) is 0. The van der Waals surface area contributed by atoms with Crippen LogP contribution < -0.4 is 9.46 Å². The molecule has 21 heavy (non-hydrogen) atoms. The maximum atomic E-state index is 11.9. The van der Waals surface area contributed by atoms with Crippen LogP contribution in [0.4, 0.5) is 0 Å². The molecule has 0 amide bonds. The lowest BCUT2D eigenvalue weighted by Crippen LogP contribution is -2.29. The highest BCUT2D eigenvalue weighted by atomic mass is 32.2. The first-order valence-corrected chi connectivity index (χ1v) is 7.79. The van der Waals surface area contributed by atoms with Gasteiger partial charge in [0.2, 0.25) is 10.0 Å². The minimum absolute atomic E-state index is 0.0111. The molecule has 1 aromatic carbocycles. The number of sulfonamides is 1. The zero-order valence-electron chi connectivity index (χ0n) is 11.5. The summed E-state index contributed by atoms with van der Waals surface area (Å²) in [6.45, 7) is 1.86. The van der Waals surface area contributed by atoms with Crippen LogP contribution >= 0.6 is 0 Å². The fraction of sp³-hybridized carbons (Fsp3) is 0.385. The highest BCUT2D eigenvalue weighted by Gasteiger charge is 2.16. The summed E-state index contributed by atoms with van der Waals surface area (Å²) in [5, 5.41) is 8.44. The Morgan fingerprint density at radius 1 is 1.19 bits per heavy atom. The van der Waals surface area contributed by atoms with Gasteiger partial charge in [0.15, 0.2) is 0 Å². The number of hydrogen-bond donors (Lipinski definition) is 2. The van der Waals surface area contributed by atoms with Gasteiger partial charge in [0.05, 0.1) is 24.5 Å². The molecule has 2 N–H and O–H groups in total. The van der Waals surface area contributed by atoms with Crippen molar-refractivity contribution < 1.29 is 27.9 Å². The predicted octanol–water partition coefficient (Wildman–Crippen LogP) is 0.797. The second kappa shape index (κ2) is 7.75. The van der Waals surface area contributed by atoms with E-state index >= 15 is 0 Å². The van der Waals surface area contributed by atoms with Gasteiger partial charge in [-0.1, -0.05) is 0 Å². The summed E-state index contributed by atoms with van der Waals surface area (Å²) in [6, 6.07) is 5.78. The molecule has 0 saturated heterocycles. The maximum Gasteiger partial charge on any atom is 0.303 e. The molecule has 0 unspecified atom stereocenters. The monoisotopic (exact) mass is 315 g/mol. The average molecular weight is 315 g/mol. The summed E-state index contributed by atoms with van der Waals surface area (Å²) < 4.78 is 31.2. The molecule has 0 heterocycles. The quantitative estimate of drug-likeness (QED) is 0.697. The van der Waals surface area contributed by atoms with Gasteiger partial charge in [0, 0.05) is 6.42 Å². The number of rotatable bonds is 9. The Morgan fingerprint density at radius 3 is 2.33 bits per heavy atom. The Labute approximate surface area is 123 Å². The molecule has 116 valence electrons. The van der Waals surface area contributed by atoms with Crippen LogP contribution in [-0.2, 0) is 19.6 Å². The number of Topliss-reactive ketones (excluding diaryl/α,β-unsaturated/α-hetero) is 1. The van der Waals surface area contributed by atoms with Gasteiger partial charge in [0.25, 0.3) is 0 Å². The number of nitrogens with one attached hydrogen (secondary N) is 1. The number of carbonyl (C=O) groups is 2. The van der Waals surface area contributed by atoms with Crippen LogP contribution in [0.1, 0.15) is 19.8 Å². The molecule has 0 aliphatic heterocycles. The Kier molecular flexibility index (Phi) is 6.32. The fourth-order valence-corrected chi connectivity index (χ4v) is 2.49. The molecular formula is C13H17NO6S. The second-order valence-corrected chi connectivity index (χ2v) is 5.93. The van der Waals surface area contributed by atoms with Crippen molar-refractivity contribution in [1.29, 1.82) is 0 Å². The molecule has 0 radical (unpaired) electrons. The Balaban J connectivity index is 2.60. The van der Waals surface area contributed by atoms with E-state index in [1.165, 1.54) is 24.3 Å². The fourth-order valence-electron chi connectivity index (χ4n) is 1.48. The Morgan fingerprint density at radius 2 is 1.81 bits per heavy atom. The summed E-state index contributed by atoms with van der Waals surface area (Å²) >= 11 is 0. The maximum absolute atomic E-state index is 11.9. The minimum atomic E-state index is -3.80. The van der Waals surface area contributed by atoms with Gasteiger partial charge < -0.3 is 9.84 Å². The normalized spacial score (nSPS) is 11.1. The standard InChI is InChI=1S/C13H17NO6S/c1-2-20-11-4-6-12(7-5-11)21(18,19)14-9-10(15)3-8-13(16)17/h4-7,14H,2-3,8-9H2,1H3,(H,16,17). The topological polar surface area (TPSA) is 110 Å².